The minimum absolute atomic E-state index is 0. The largest absolute Gasteiger partial charge is 0.444 e. The maximum Gasteiger partial charge on any atom is 0.410 e. The summed E-state index contributed by atoms with van der Waals surface area (Å²) in [5.74, 6) is -0.353. The molecule has 2 aromatic rings. The van der Waals surface area contributed by atoms with Crippen molar-refractivity contribution in [3.63, 3.8) is 0 Å². The zero-order valence-electron chi connectivity index (χ0n) is 37.8. The number of hydrogen-bond donors (Lipinski definition) is 2. The monoisotopic (exact) mass is 972 g/mol. The molecule has 0 fully saturated rings. The second kappa shape index (κ2) is 25.7. The highest BCUT2D eigenvalue weighted by Gasteiger charge is 2.45. The van der Waals surface area contributed by atoms with E-state index in [0.29, 0.717) is 27.1 Å². The van der Waals surface area contributed by atoms with Crippen molar-refractivity contribution in [3.8, 4) is 0 Å². The van der Waals surface area contributed by atoms with Crippen LogP contribution in [0.15, 0.2) is 49.1 Å². The van der Waals surface area contributed by atoms with Gasteiger partial charge in [0.1, 0.15) is 11.2 Å². The Kier molecular flexibility index (Phi) is 25.5. The van der Waals surface area contributed by atoms with Gasteiger partial charge in [-0.15, -0.1) is 6.58 Å². The van der Waals surface area contributed by atoms with E-state index >= 15 is 0 Å². The Hall–Kier alpha value is -2.56. The molecule has 4 amide bonds. The Balaban J connectivity index is 0. The predicted molar refractivity (Wildman–Crippen MR) is 258 cm³/mol. The molecular formula is C43H68Cl4N4O8S2. The minimum atomic E-state index is -1.24. The normalized spacial score (nSPS) is 13.6. The summed E-state index contributed by atoms with van der Waals surface area (Å²) < 4.78 is 11.2. The van der Waals surface area contributed by atoms with Gasteiger partial charge in [0, 0.05) is 60.0 Å². The molecule has 0 heterocycles. The number of likely N-dealkylation sites (N-methyl/N-ethyl adjacent to an activating group) is 4. The maximum atomic E-state index is 13.0. The molecule has 3 atom stereocenters. The highest BCUT2D eigenvalue weighted by atomic mass is 35.5. The quantitative estimate of drug-likeness (QED) is 0.168. The summed E-state index contributed by atoms with van der Waals surface area (Å²) in [5.41, 5.74) is -2.30. The van der Waals surface area contributed by atoms with Gasteiger partial charge in [-0.2, -0.15) is 27.0 Å². The zero-order valence-corrected chi connectivity index (χ0v) is 42.8. The van der Waals surface area contributed by atoms with E-state index in [2.05, 4.69) is 6.58 Å². The lowest BCUT2D eigenvalue weighted by Crippen LogP contribution is -2.56. The van der Waals surface area contributed by atoms with Crippen molar-refractivity contribution in [1.29, 1.82) is 0 Å². The molecule has 0 saturated carbocycles. The Bertz CT molecular complexity index is 1780. The highest BCUT2D eigenvalue weighted by molar-refractivity contribution is 7.59. The Morgan fingerprint density at radius 2 is 1.11 bits per heavy atom. The van der Waals surface area contributed by atoms with Crippen LogP contribution in [0.4, 0.5) is 9.59 Å². The first-order valence-corrected chi connectivity index (χ1v) is 20.8. The van der Waals surface area contributed by atoms with Gasteiger partial charge in [0.15, 0.2) is 0 Å². The van der Waals surface area contributed by atoms with E-state index in [4.69, 9.17) is 55.9 Å². The van der Waals surface area contributed by atoms with Crippen LogP contribution in [-0.4, -0.2) is 119 Å². The fourth-order valence-electron chi connectivity index (χ4n) is 6.36. The molecule has 1 unspecified atom stereocenters. The summed E-state index contributed by atoms with van der Waals surface area (Å²) in [5, 5.41) is 21.3. The average Bonchev–Trinajstić information content (AvgIpc) is 3.13. The number of rotatable bonds is 15. The second-order valence-electron chi connectivity index (χ2n) is 16.9. The molecule has 0 aromatic heterocycles. The number of benzene rings is 2. The molecule has 2 aromatic carbocycles. The van der Waals surface area contributed by atoms with Crippen molar-refractivity contribution in [2.75, 3.05) is 47.9 Å². The number of carbonyl (C=O) groups excluding carboxylic acids is 4. The number of carbonyl (C=O) groups is 4. The fourth-order valence-corrected chi connectivity index (χ4v) is 6.95. The van der Waals surface area contributed by atoms with E-state index in [0.717, 1.165) is 5.56 Å². The molecule has 0 aliphatic rings. The summed E-state index contributed by atoms with van der Waals surface area (Å²) in [6, 6.07) is 10.1. The Morgan fingerprint density at radius 3 is 1.46 bits per heavy atom. The fraction of sp³-hybridized carbons (Fsp3) is 0.581. The molecule has 2 N–H and O–H groups in total. The zero-order chi connectivity index (χ0) is 45.8. The number of nitrogens with zero attached hydrogens (tertiary/aromatic N) is 4. The number of halogens is 4. The van der Waals surface area contributed by atoms with Crippen molar-refractivity contribution in [1.82, 2.24) is 19.6 Å². The van der Waals surface area contributed by atoms with Crippen molar-refractivity contribution >= 4 is 97.4 Å². The number of hydrogen-bond acceptors (Lipinski definition) is 8. The molecule has 12 nitrogen and oxygen atoms in total. The van der Waals surface area contributed by atoms with Crippen LogP contribution >= 0.6 is 73.4 Å². The molecule has 61 heavy (non-hydrogen) atoms. The summed E-state index contributed by atoms with van der Waals surface area (Å²) in [4.78, 5) is 56.9. The summed E-state index contributed by atoms with van der Waals surface area (Å²) in [7, 11) is 6.53. The average molecular weight is 975 g/mol. The van der Waals surface area contributed by atoms with Crippen molar-refractivity contribution < 1.29 is 38.9 Å². The SMILES string of the molecule is C=CC[C@@](CN(C)C(=O)C(C)C)(c1ccc(Cl)c(Cl)c1)N(C)C(=O)OC(C)(C)C.CCC(=O)N(C)C[C@](CC(O)CO)(c1ccc(Cl)c(Cl)c1)N(C)C(=O)OC(C)(C)C.S.S. The summed E-state index contributed by atoms with van der Waals surface area (Å²) in [6.45, 7) is 19.7. The van der Waals surface area contributed by atoms with E-state index in [-0.39, 0.29) is 75.7 Å². The lowest BCUT2D eigenvalue weighted by atomic mass is 9.82. The first-order valence-electron chi connectivity index (χ1n) is 19.3. The third kappa shape index (κ3) is 17.5. The third-order valence-corrected chi connectivity index (χ3v) is 10.9. The number of amides is 4. The van der Waals surface area contributed by atoms with Crippen LogP contribution in [0, 0.1) is 5.92 Å². The van der Waals surface area contributed by atoms with Gasteiger partial charge in [0.2, 0.25) is 11.8 Å². The van der Waals surface area contributed by atoms with Gasteiger partial charge in [-0.05, 0) is 83.4 Å². The van der Waals surface area contributed by atoms with E-state index in [9.17, 15) is 29.4 Å². The topological polar surface area (TPSA) is 140 Å². The predicted octanol–water partition coefficient (Wildman–Crippen LogP) is 9.64. The van der Waals surface area contributed by atoms with E-state index < -0.39 is 47.2 Å². The standard InChI is InChI=1S/C22H32Cl2N2O3.C21H32Cl2N2O5.2H2S/c1-9-12-22(14-25(7)19(27)15(2)3,16-10-11-17(23)18(24)13-16)26(8)20(28)29-21(4,5)6;1-7-18(28)24(5)13-21(11-15(27)12-26,14-8-9-16(22)17(23)10-14)25(6)19(29)30-20(2,3)4;;/h9-11,13,15H,1,12,14H2,2-8H3;8-10,15,26-27H,7,11-13H2,1-6H3;2*1H2/t22-;15?,21-;;/m11../s1. The van der Waals surface area contributed by atoms with Gasteiger partial charge in [0.25, 0.3) is 0 Å². The van der Waals surface area contributed by atoms with E-state index in [1.165, 1.54) is 21.7 Å². The highest BCUT2D eigenvalue weighted by Crippen LogP contribution is 2.39. The van der Waals surface area contributed by atoms with Crippen molar-refractivity contribution in [3.05, 3.63) is 80.3 Å². The van der Waals surface area contributed by atoms with Gasteiger partial charge in [0.05, 0.1) is 43.9 Å². The lowest BCUT2D eigenvalue weighted by molar-refractivity contribution is -0.135. The summed E-state index contributed by atoms with van der Waals surface area (Å²) in [6.07, 6.45) is 0.0138. The number of aliphatic hydroxyl groups excluding tert-OH is 2. The Labute approximate surface area is 397 Å². The van der Waals surface area contributed by atoms with Crippen LogP contribution < -0.4 is 0 Å². The van der Waals surface area contributed by atoms with E-state index in [1.807, 2.05) is 40.7 Å². The summed E-state index contributed by atoms with van der Waals surface area (Å²) >= 11 is 24.7. The third-order valence-electron chi connectivity index (χ3n) is 9.39. The first kappa shape index (κ1) is 60.5. The molecule has 348 valence electrons. The lowest BCUT2D eigenvalue weighted by Gasteiger charge is -2.45. The number of ether oxygens (including phenoxy) is 2. The maximum absolute atomic E-state index is 13.0. The van der Waals surface area contributed by atoms with Crippen molar-refractivity contribution in [2.24, 2.45) is 5.92 Å². The van der Waals surface area contributed by atoms with Crippen LogP contribution in [0.1, 0.15) is 92.7 Å². The van der Waals surface area contributed by atoms with Crippen LogP contribution in [0.2, 0.25) is 20.1 Å². The molecule has 0 aliphatic carbocycles. The van der Waals surface area contributed by atoms with Crippen LogP contribution in [-0.2, 0) is 30.1 Å². The Morgan fingerprint density at radius 1 is 0.721 bits per heavy atom. The molecule has 0 spiro atoms. The molecule has 0 saturated heterocycles. The van der Waals surface area contributed by atoms with Crippen LogP contribution in [0.5, 0.6) is 0 Å². The molecule has 18 heteroatoms. The van der Waals surface area contributed by atoms with E-state index in [1.54, 1.807) is 90.1 Å². The second-order valence-corrected chi connectivity index (χ2v) is 18.5. The first-order chi connectivity index (χ1) is 27.0. The van der Waals surface area contributed by atoms with Gasteiger partial charge < -0.3 is 29.5 Å². The van der Waals surface area contributed by atoms with Crippen LogP contribution in [0.25, 0.3) is 0 Å². The van der Waals surface area contributed by atoms with Crippen LogP contribution in [0.3, 0.4) is 0 Å². The van der Waals surface area contributed by atoms with Gasteiger partial charge in [-0.25, -0.2) is 9.59 Å². The molecule has 2 rings (SSSR count). The minimum Gasteiger partial charge on any atom is -0.444 e. The molecular weight excluding hydrogens is 906 g/mol. The smallest absolute Gasteiger partial charge is 0.410 e. The molecule has 0 radical (unpaired) electrons. The van der Waals surface area contributed by atoms with Gasteiger partial charge in [-0.3, -0.25) is 19.4 Å². The van der Waals surface area contributed by atoms with Gasteiger partial charge in [-0.1, -0.05) is 85.4 Å². The molecule has 0 aliphatic heterocycles. The van der Waals surface area contributed by atoms with Gasteiger partial charge >= 0.3 is 12.2 Å². The molecule has 0 bridgehead atoms. The number of aliphatic hydroxyl groups is 2. The van der Waals surface area contributed by atoms with Crippen molar-refractivity contribution in [2.45, 2.75) is 110 Å².